The first-order valence-corrected chi connectivity index (χ1v) is 8.88. The van der Waals surface area contributed by atoms with Gasteiger partial charge in [0.1, 0.15) is 0 Å². The molecule has 0 aromatic heterocycles. The van der Waals surface area contributed by atoms with Crippen molar-refractivity contribution in [2.45, 2.75) is 88.9 Å². The topological polar surface area (TPSA) is 24.5 Å². The first-order valence-electron chi connectivity index (χ1n) is 8.88. The number of hydrogen-bond donors (Lipinski definition) is 1. The predicted molar refractivity (Wildman–Crippen MR) is 83.0 cm³/mol. The second-order valence-corrected chi connectivity index (χ2v) is 7.16. The van der Waals surface area contributed by atoms with Gasteiger partial charge in [-0.3, -0.25) is 4.90 Å². The average molecular weight is 280 g/mol. The molecule has 1 atom stereocenters. The molecule has 1 unspecified atom stereocenters. The number of hydrogen-bond acceptors (Lipinski definition) is 3. The molecule has 1 N–H and O–H groups in total. The minimum Gasteiger partial charge on any atom is -0.378 e. The summed E-state index contributed by atoms with van der Waals surface area (Å²) < 4.78 is 5.76. The second-order valence-electron chi connectivity index (χ2n) is 7.16. The van der Waals surface area contributed by atoms with Crippen LogP contribution in [0.25, 0.3) is 0 Å². The van der Waals surface area contributed by atoms with Crippen molar-refractivity contribution >= 4 is 0 Å². The Kier molecular flexibility index (Phi) is 4.68. The van der Waals surface area contributed by atoms with E-state index in [-0.39, 0.29) is 0 Å². The average Bonchev–Trinajstić information content (AvgIpc) is 2.43. The third-order valence-corrected chi connectivity index (χ3v) is 5.89. The summed E-state index contributed by atoms with van der Waals surface area (Å²) in [5, 5.41) is 3.93. The maximum atomic E-state index is 5.76. The summed E-state index contributed by atoms with van der Waals surface area (Å²) in [5.74, 6) is 0. The van der Waals surface area contributed by atoms with E-state index in [1.165, 1.54) is 64.5 Å². The first-order chi connectivity index (χ1) is 9.76. The van der Waals surface area contributed by atoms with E-state index in [9.17, 15) is 0 Å². The van der Waals surface area contributed by atoms with Crippen molar-refractivity contribution in [1.29, 1.82) is 0 Å². The maximum Gasteiger partial charge on any atom is 0.0604 e. The molecule has 20 heavy (non-hydrogen) atoms. The number of ether oxygens (including phenoxy) is 1. The summed E-state index contributed by atoms with van der Waals surface area (Å²) >= 11 is 0. The molecular formula is C17H32N2O. The van der Waals surface area contributed by atoms with Gasteiger partial charge in [-0.15, -0.1) is 0 Å². The van der Waals surface area contributed by atoms with Gasteiger partial charge in [-0.25, -0.2) is 0 Å². The van der Waals surface area contributed by atoms with Crippen molar-refractivity contribution in [3.05, 3.63) is 0 Å². The standard InChI is InChI=1S/C17H32N2O/c1-3-14-12-18-17(8-6-5-7-9-17)13-19(14)15-10-16(11-15)20-4-2/h14-16,18H,3-13H2,1-2H3. The van der Waals surface area contributed by atoms with Crippen molar-refractivity contribution in [1.82, 2.24) is 10.2 Å². The Morgan fingerprint density at radius 2 is 1.90 bits per heavy atom. The van der Waals surface area contributed by atoms with Crippen molar-refractivity contribution in [2.75, 3.05) is 19.7 Å². The highest BCUT2D eigenvalue weighted by Gasteiger charge is 2.44. The Morgan fingerprint density at radius 3 is 2.55 bits per heavy atom. The lowest BCUT2D eigenvalue weighted by Gasteiger charge is -2.55. The molecule has 0 bridgehead atoms. The van der Waals surface area contributed by atoms with Crippen molar-refractivity contribution in [2.24, 2.45) is 0 Å². The van der Waals surface area contributed by atoms with Crippen LogP contribution in [0.5, 0.6) is 0 Å². The molecule has 0 aromatic rings. The molecule has 3 rings (SSSR count). The quantitative estimate of drug-likeness (QED) is 0.857. The van der Waals surface area contributed by atoms with E-state index in [0.717, 1.165) is 18.7 Å². The Bertz CT molecular complexity index is 308. The molecule has 1 aliphatic heterocycles. The van der Waals surface area contributed by atoms with Gasteiger partial charge < -0.3 is 10.1 Å². The number of nitrogens with zero attached hydrogens (tertiary/aromatic N) is 1. The van der Waals surface area contributed by atoms with Crippen LogP contribution in [-0.4, -0.2) is 48.3 Å². The van der Waals surface area contributed by atoms with Crippen molar-refractivity contribution in [3.63, 3.8) is 0 Å². The van der Waals surface area contributed by atoms with Crippen molar-refractivity contribution < 1.29 is 4.74 Å². The molecule has 0 amide bonds. The third kappa shape index (κ3) is 2.90. The van der Waals surface area contributed by atoms with Crippen LogP contribution in [0.2, 0.25) is 0 Å². The van der Waals surface area contributed by atoms with E-state index in [0.29, 0.717) is 11.6 Å². The highest BCUT2D eigenvalue weighted by atomic mass is 16.5. The van der Waals surface area contributed by atoms with Crippen LogP contribution < -0.4 is 5.32 Å². The van der Waals surface area contributed by atoms with E-state index in [1.807, 2.05) is 0 Å². The minimum absolute atomic E-state index is 0.445. The summed E-state index contributed by atoms with van der Waals surface area (Å²) in [6, 6.07) is 1.53. The highest BCUT2D eigenvalue weighted by molar-refractivity contribution is 5.03. The summed E-state index contributed by atoms with van der Waals surface area (Å²) in [7, 11) is 0. The van der Waals surface area contributed by atoms with Gasteiger partial charge in [0.2, 0.25) is 0 Å². The molecule has 1 saturated heterocycles. The Morgan fingerprint density at radius 1 is 1.15 bits per heavy atom. The Labute approximate surface area is 124 Å². The molecule has 116 valence electrons. The third-order valence-electron chi connectivity index (χ3n) is 5.89. The highest BCUT2D eigenvalue weighted by Crippen LogP contribution is 2.37. The van der Waals surface area contributed by atoms with Gasteiger partial charge in [-0.1, -0.05) is 26.2 Å². The lowest BCUT2D eigenvalue weighted by molar-refractivity contribution is -0.0790. The van der Waals surface area contributed by atoms with Crippen LogP contribution in [0.4, 0.5) is 0 Å². The fraction of sp³-hybridized carbons (Fsp3) is 1.00. The van der Waals surface area contributed by atoms with Crippen LogP contribution in [0.15, 0.2) is 0 Å². The van der Waals surface area contributed by atoms with E-state index in [2.05, 4.69) is 24.1 Å². The Balaban J connectivity index is 1.61. The predicted octanol–water partition coefficient (Wildman–Crippen LogP) is 2.94. The second kappa shape index (κ2) is 6.33. The van der Waals surface area contributed by atoms with E-state index in [1.54, 1.807) is 0 Å². The van der Waals surface area contributed by atoms with E-state index < -0.39 is 0 Å². The Hall–Kier alpha value is -0.120. The SMILES string of the molecule is CCOC1CC(N2CC3(CCCCC3)NCC2CC)C1. The van der Waals surface area contributed by atoms with Crippen LogP contribution in [0.1, 0.15) is 65.2 Å². The van der Waals surface area contributed by atoms with Crippen molar-refractivity contribution in [3.8, 4) is 0 Å². The van der Waals surface area contributed by atoms with Crippen LogP contribution in [0, 0.1) is 0 Å². The van der Waals surface area contributed by atoms with Crippen LogP contribution in [-0.2, 0) is 4.74 Å². The number of rotatable bonds is 4. The number of piperazine rings is 1. The van der Waals surface area contributed by atoms with E-state index in [4.69, 9.17) is 4.74 Å². The zero-order valence-electron chi connectivity index (χ0n) is 13.4. The molecule has 1 heterocycles. The molecule has 3 aliphatic rings. The summed E-state index contributed by atoms with van der Waals surface area (Å²) in [4.78, 5) is 2.84. The maximum absolute atomic E-state index is 5.76. The number of nitrogens with one attached hydrogen (secondary N) is 1. The van der Waals surface area contributed by atoms with Crippen LogP contribution >= 0.6 is 0 Å². The van der Waals surface area contributed by atoms with Crippen LogP contribution in [0.3, 0.4) is 0 Å². The molecule has 0 aromatic carbocycles. The zero-order valence-corrected chi connectivity index (χ0v) is 13.4. The normalized spacial score (nSPS) is 37.8. The summed E-state index contributed by atoms with van der Waals surface area (Å²) in [5.41, 5.74) is 0.445. The zero-order chi connectivity index (χ0) is 14.0. The molecule has 2 aliphatic carbocycles. The molecule has 1 spiro atoms. The van der Waals surface area contributed by atoms with Gasteiger partial charge in [-0.05, 0) is 39.0 Å². The lowest BCUT2D eigenvalue weighted by atomic mass is 9.77. The first kappa shape index (κ1) is 14.8. The summed E-state index contributed by atoms with van der Waals surface area (Å²) in [6.45, 7) is 7.82. The molecule has 3 fully saturated rings. The van der Waals surface area contributed by atoms with Gasteiger partial charge in [0, 0.05) is 37.3 Å². The lowest BCUT2D eigenvalue weighted by Crippen LogP contribution is -2.68. The molecular weight excluding hydrogens is 248 g/mol. The van der Waals surface area contributed by atoms with Gasteiger partial charge in [-0.2, -0.15) is 0 Å². The molecule has 3 nitrogen and oxygen atoms in total. The molecule has 3 heteroatoms. The summed E-state index contributed by atoms with van der Waals surface area (Å²) in [6.07, 6.45) is 11.4. The van der Waals surface area contributed by atoms with Gasteiger partial charge in [0.15, 0.2) is 0 Å². The molecule has 0 radical (unpaired) electrons. The fourth-order valence-corrected chi connectivity index (χ4v) is 4.54. The smallest absolute Gasteiger partial charge is 0.0604 e. The largest absolute Gasteiger partial charge is 0.378 e. The fourth-order valence-electron chi connectivity index (χ4n) is 4.54. The van der Waals surface area contributed by atoms with E-state index >= 15 is 0 Å². The van der Waals surface area contributed by atoms with Gasteiger partial charge in [0.05, 0.1) is 6.10 Å². The van der Waals surface area contributed by atoms with Gasteiger partial charge >= 0.3 is 0 Å². The molecule has 2 saturated carbocycles. The minimum atomic E-state index is 0.445. The monoisotopic (exact) mass is 280 g/mol. The van der Waals surface area contributed by atoms with Gasteiger partial charge in [0.25, 0.3) is 0 Å².